The van der Waals surface area contributed by atoms with E-state index in [0.717, 1.165) is 24.9 Å². The first kappa shape index (κ1) is 17.3. The number of aryl methyl sites for hydroxylation is 2. The van der Waals surface area contributed by atoms with Crippen LogP contribution in [0.15, 0.2) is 34.9 Å². The Kier molecular flexibility index (Phi) is 4.91. The summed E-state index contributed by atoms with van der Waals surface area (Å²) >= 11 is 0. The van der Waals surface area contributed by atoms with E-state index in [0.29, 0.717) is 37.0 Å². The molecular weight excluding hydrogens is 346 g/mol. The molecule has 1 atom stereocenters. The highest BCUT2D eigenvalue weighted by Gasteiger charge is 2.28. The summed E-state index contributed by atoms with van der Waals surface area (Å²) < 4.78 is 7.13. The summed E-state index contributed by atoms with van der Waals surface area (Å²) in [7, 11) is 0. The maximum atomic E-state index is 12.6. The van der Waals surface area contributed by atoms with E-state index in [1.165, 1.54) is 0 Å². The zero-order valence-electron chi connectivity index (χ0n) is 15.2. The largest absolute Gasteiger partial charge is 0.342 e. The molecule has 4 rings (SSSR count). The summed E-state index contributed by atoms with van der Waals surface area (Å²) in [6, 6.07) is 9.74. The fourth-order valence-corrected chi connectivity index (χ4v) is 3.33. The van der Waals surface area contributed by atoms with E-state index in [2.05, 4.69) is 25.7 Å². The van der Waals surface area contributed by atoms with E-state index in [-0.39, 0.29) is 11.8 Å². The summed E-state index contributed by atoms with van der Waals surface area (Å²) in [6.45, 7) is 3.66. The lowest BCUT2D eigenvalue weighted by molar-refractivity contribution is -0.132. The standard InChI is InChI=1S/C18H21N7O2/c1-13-20-22-23-25(13)11-9-16(26)24-10-5-8-15(12-24)18-19-17(21-27-18)14-6-3-2-4-7-14/h2-4,6-7,15H,5,8-12H2,1H3/t15-/m1/s1. The molecule has 0 unspecified atom stereocenters. The van der Waals surface area contributed by atoms with Crippen LogP contribution in [0.1, 0.15) is 36.9 Å². The monoisotopic (exact) mass is 367 g/mol. The van der Waals surface area contributed by atoms with Gasteiger partial charge in [-0.25, -0.2) is 4.68 Å². The SMILES string of the molecule is Cc1nnnn1CCC(=O)N1CCC[C@@H](c2nc(-c3ccccc3)no2)C1. The molecule has 1 aliphatic heterocycles. The molecule has 0 saturated carbocycles. The number of piperidine rings is 1. The first-order chi connectivity index (χ1) is 13.2. The zero-order chi connectivity index (χ0) is 18.6. The lowest BCUT2D eigenvalue weighted by atomic mass is 9.97. The molecule has 1 aliphatic rings. The fraction of sp³-hybridized carbons (Fsp3) is 0.444. The van der Waals surface area contributed by atoms with E-state index < -0.39 is 0 Å². The van der Waals surface area contributed by atoms with Gasteiger partial charge in [-0.05, 0) is 30.2 Å². The summed E-state index contributed by atoms with van der Waals surface area (Å²) in [5.74, 6) is 2.06. The van der Waals surface area contributed by atoms with Crippen LogP contribution in [-0.2, 0) is 11.3 Å². The summed E-state index contributed by atoms with van der Waals surface area (Å²) in [6.07, 6.45) is 2.23. The lowest BCUT2D eigenvalue weighted by Crippen LogP contribution is -2.39. The molecule has 140 valence electrons. The Bertz CT molecular complexity index is 905. The van der Waals surface area contributed by atoms with Gasteiger partial charge in [0, 0.05) is 25.1 Å². The molecule has 1 saturated heterocycles. The van der Waals surface area contributed by atoms with E-state index in [1.807, 2.05) is 42.2 Å². The molecule has 9 heteroatoms. The van der Waals surface area contributed by atoms with Crippen LogP contribution in [0.5, 0.6) is 0 Å². The van der Waals surface area contributed by atoms with Gasteiger partial charge in [0.05, 0.1) is 12.5 Å². The van der Waals surface area contributed by atoms with Gasteiger partial charge < -0.3 is 9.42 Å². The van der Waals surface area contributed by atoms with E-state index in [4.69, 9.17) is 4.52 Å². The third-order valence-corrected chi connectivity index (χ3v) is 4.85. The molecular formula is C18H21N7O2. The number of carbonyl (C=O) groups excluding carboxylic acids is 1. The molecule has 1 amide bonds. The van der Waals surface area contributed by atoms with Crippen LogP contribution in [0.25, 0.3) is 11.4 Å². The van der Waals surface area contributed by atoms with Gasteiger partial charge in [-0.3, -0.25) is 4.79 Å². The van der Waals surface area contributed by atoms with Gasteiger partial charge >= 0.3 is 0 Å². The van der Waals surface area contributed by atoms with Crippen molar-refractivity contribution in [3.63, 3.8) is 0 Å². The van der Waals surface area contributed by atoms with Crippen molar-refractivity contribution in [1.82, 2.24) is 35.2 Å². The molecule has 3 aromatic rings. The van der Waals surface area contributed by atoms with Crippen molar-refractivity contribution in [3.8, 4) is 11.4 Å². The molecule has 0 bridgehead atoms. The minimum absolute atomic E-state index is 0.0717. The maximum Gasteiger partial charge on any atom is 0.231 e. The number of carbonyl (C=O) groups is 1. The fourth-order valence-electron chi connectivity index (χ4n) is 3.33. The van der Waals surface area contributed by atoms with Crippen LogP contribution >= 0.6 is 0 Å². The summed E-state index contributed by atoms with van der Waals surface area (Å²) in [4.78, 5) is 19.0. The predicted molar refractivity (Wildman–Crippen MR) is 95.5 cm³/mol. The van der Waals surface area contributed by atoms with Gasteiger partial charge in [-0.2, -0.15) is 4.98 Å². The average Bonchev–Trinajstić information content (AvgIpc) is 3.36. The van der Waals surface area contributed by atoms with Crippen LogP contribution < -0.4 is 0 Å². The summed E-state index contributed by atoms with van der Waals surface area (Å²) in [5, 5.41) is 15.4. The highest BCUT2D eigenvalue weighted by Crippen LogP contribution is 2.27. The maximum absolute atomic E-state index is 12.6. The zero-order valence-corrected chi connectivity index (χ0v) is 15.2. The lowest BCUT2D eigenvalue weighted by Gasteiger charge is -2.31. The van der Waals surface area contributed by atoms with Crippen molar-refractivity contribution in [2.75, 3.05) is 13.1 Å². The van der Waals surface area contributed by atoms with E-state index in [1.54, 1.807) is 4.68 Å². The molecule has 0 N–H and O–H groups in total. The Morgan fingerprint density at radius 1 is 1.30 bits per heavy atom. The molecule has 1 fully saturated rings. The molecule has 0 spiro atoms. The van der Waals surface area contributed by atoms with Gasteiger partial charge in [0.1, 0.15) is 5.82 Å². The Hall–Kier alpha value is -3.10. The third kappa shape index (κ3) is 3.86. The molecule has 1 aromatic carbocycles. The van der Waals surface area contributed by atoms with Gasteiger partial charge in [0.2, 0.25) is 17.6 Å². The van der Waals surface area contributed by atoms with E-state index >= 15 is 0 Å². The first-order valence-electron chi connectivity index (χ1n) is 9.10. The number of benzene rings is 1. The smallest absolute Gasteiger partial charge is 0.231 e. The Balaban J connectivity index is 1.38. The highest BCUT2D eigenvalue weighted by atomic mass is 16.5. The second kappa shape index (κ2) is 7.65. The van der Waals surface area contributed by atoms with Gasteiger partial charge in [0.15, 0.2) is 0 Å². The van der Waals surface area contributed by atoms with Crippen molar-refractivity contribution in [2.24, 2.45) is 0 Å². The predicted octanol–water partition coefficient (Wildman–Crippen LogP) is 1.83. The van der Waals surface area contributed by atoms with Crippen LogP contribution in [0.4, 0.5) is 0 Å². The number of hydrogen-bond acceptors (Lipinski definition) is 7. The number of aromatic nitrogens is 6. The summed E-state index contributed by atoms with van der Waals surface area (Å²) in [5.41, 5.74) is 0.924. The van der Waals surface area contributed by atoms with Crippen molar-refractivity contribution >= 4 is 5.91 Å². The number of tetrazole rings is 1. The Morgan fingerprint density at radius 3 is 2.93 bits per heavy atom. The van der Waals surface area contributed by atoms with Gasteiger partial charge in [-0.15, -0.1) is 5.10 Å². The minimum Gasteiger partial charge on any atom is -0.342 e. The quantitative estimate of drug-likeness (QED) is 0.678. The number of hydrogen-bond donors (Lipinski definition) is 0. The highest BCUT2D eigenvalue weighted by molar-refractivity contribution is 5.76. The number of nitrogens with zero attached hydrogens (tertiary/aromatic N) is 7. The number of rotatable bonds is 5. The molecule has 3 heterocycles. The Labute approximate surface area is 156 Å². The molecule has 9 nitrogen and oxygen atoms in total. The van der Waals surface area contributed by atoms with Gasteiger partial charge in [0.25, 0.3) is 0 Å². The second-order valence-electron chi connectivity index (χ2n) is 6.70. The number of amides is 1. The van der Waals surface area contributed by atoms with Crippen molar-refractivity contribution in [3.05, 3.63) is 42.0 Å². The minimum atomic E-state index is 0.0717. The topological polar surface area (TPSA) is 103 Å². The normalized spacial score (nSPS) is 17.2. The van der Waals surface area contributed by atoms with Crippen LogP contribution in [-0.4, -0.2) is 54.2 Å². The van der Waals surface area contributed by atoms with Crippen molar-refractivity contribution in [1.29, 1.82) is 0 Å². The molecule has 0 radical (unpaired) electrons. The number of likely N-dealkylation sites (tertiary alicyclic amines) is 1. The first-order valence-corrected chi connectivity index (χ1v) is 9.10. The van der Waals surface area contributed by atoms with Crippen molar-refractivity contribution < 1.29 is 9.32 Å². The van der Waals surface area contributed by atoms with Crippen LogP contribution in [0.3, 0.4) is 0 Å². The average molecular weight is 367 g/mol. The van der Waals surface area contributed by atoms with E-state index in [9.17, 15) is 4.79 Å². The molecule has 0 aliphatic carbocycles. The van der Waals surface area contributed by atoms with Crippen LogP contribution in [0, 0.1) is 6.92 Å². The van der Waals surface area contributed by atoms with Crippen LogP contribution in [0.2, 0.25) is 0 Å². The Morgan fingerprint density at radius 2 is 2.15 bits per heavy atom. The van der Waals surface area contributed by atoms with Gasteiger partial charge in [-0.1, -0.05) is 35.5 Å². The van der Waals surface area contributed by atoms with Crippen molar-refractivity contribution in [2.45, 2.75) is 38.6 Å². The molecule has 2 aromatic heterocycles. The second-order valence-corrected chi connectivity index (χ2v) is 6.70. The molecule has 27 heavy (non-hydrogen) atoms. The third-order valence-electron chi connectivity index (χ3n) is 4.85.